The van der Waals surface area contributed by atoms with E-state index < -0.39 is 28.7 Å². The molecule has 1 saturated carbocycles. The summed E-state index contributed by atoms with van der Waals surface area (Å²) in [6.07, 6.45) is 5.81. The average Bonchev–Trinajstić information content (AvgIpc) is 3.78. The largest absolute Gasteiger partial charge is 0.493 e. The molecule has 50 heavy (non-hydrogen) atoms. The highest BCUT2D eigenvalue weighted by Crippen LogP contribution is 2.53. The van der Waals surface area contributed by atoms with E-state index in [0.29, 0.717) is 52.6 Å². The van der Waals surface area contributed by atoms with Crippen LogP contribution >= 0.6 is 0 Å². The van der Waals surface area contributed by atoms with Crippen LogP contribution in [0.15, 0.2) is 72.3 Å². The number of pyridine rings is 1. The number of allylic oxidation sites excluding steroid dienone is 4. The molecule has 3 aromatic rings. The summed E-state index contributed by atoms with van der Waals surface area (Å²) in [5, 5.41) is 6.11. The Balaban J connectivity index is 1.27. The summed E-state index contributed by atoms with van der Waals surface area (Å²) in [4.78, 5) is 35.7. The van der Waals surface area contributed by atoms with Crippen LogP contribution in [0.4, 0.5) is 14.5 Å². The van der Waals surface area contributed by atoms with Gasteiger partial charge in [0.05, 0.1) is 19.2 Å². The number of rotatable bonds is 14. The van der Waals surface area contributed by atoms with Crippen LogP contribution in [0.3, 0.4) is 0 Å². The van der Waals surface area contributed by atoms with E-state index in [4.69, 9.17) is 14.2 Å². The van der Waals surface area contributed by atoms with Gasteiger partial charge in [-0.25, -0.2) is 8.78 Å². The van der Waals surface area contributed by atoms with Gasteiger partial charge >= 0.3 is 0 Å². The fourth-order valence-corrected chi connectivity index (χ4v) is 5.97. The van der Waals surface area contributed by atoms with Gasteiger partial charge in [-0.2, -0.15) is 0 Å². The molecule has 2 aromatic carbocycles. The van der Waals surface area contributed by atoms with Crippen molar-refractivity contribution in [3.05, 3.63) is 78.1 Å². The summed E-state index contributed by atoms with van der Waals surface area (Å²) in [5.41, 5.74) is -1.78. The number of carbonyl (C=O) groups excluding carboxylic acids is 2. The minimum atomic E-state index is -1.89. The number of alkyl halides is 1. The molecule has 268 valence electrons. The van der Waals surface area contributed by atoms with Crippen LogP contribution in [0, 0.1) is 17.2 Å². The average molecular weight is 692 g/mol. The van der Waals surface area contributed by atoms with Crippen molar-refractivity contribution in [3.63, 3.8) is 0 Å². The number of anilines is 1. The van der Waals surface area contributed by atoms with Gasteiger partial charge in [0, 0.05) is 61.8 Å². The first-order valence-electron chi connectivity index (χ1n) is 16.9. The number of hydrogen-bond acceptors (Lipinski definition) is 8. The summed E-state index contributed by atoms with van der Waals surface area (Å²) < 4.78 is 46.7. The third-order valence-electron chi connectivity index (χ3n) is 9.28. The van der Waals surface area contributed by atoms with Crippen LogP contribution in [0.5, 0.6) is 17.2 Å². The molecular weight excluding hydrogens is 644 g/mol. The predicted octanol–water partition coefficient (Wildman–Crippen LogP) is 6.09. The normalized spacial score (nSPS) is 20.4. The van der Waals surface area contributed by atoms with Gasteiger partial charge in [-0.3, -0.25) is 14.6 Å². The smallest absolute Gasteiger partial charge is 0.240 e. The molecule has 0 bridgehead atoms. The second-order valence-corrected chi connectivity index (χ2v) is 13.6. The van der Waals surface area contributed by atoms with E-state index in [-0.39, 0.29) is 11.7 Å². The summed E-state index contributed by atoms with van der Waals surface area (Å²) in [7, 11) is 3.70. The Morgan fingerprint density at radius 3 is 2.38 bits per heavy atom. The molecule has 12 heteroatoms. The quantitative estimate of drug-likeness (QED) is 0.0906. The van der Waals surface area contributed by atoms with Gasteiger partial charge in [0.2, 0.25) is 11.8 Å². The van der Waals surface area contributed by atoms with E-state index in [0.717, 1.165) is 39.1 Å². The van der Waals surface area contributed by atoms with E-state index in [9.17, 15) is 14.0 Å². The monoisotopic (exact) mass is 691 g/mol. The first-order valence-corrected chi connectivity index (χ1v) is 16.9. The van der Waals surface area contributed by atoms with Gasteiger partial charge in [-0.05, 0) is 95.1 Å². The van der Waals surface area contributed by atoms with Crippen LogP contribution in [-0.2, 0) is 9.59 Å². The van der Waals surface area contributed by atoms with Crippen LogP contribution in [0.2, 0.25) is 0 Å². The number of benzene rings is 2. The number of halogens is 2. The second-order valence-electron chi connectivity index (χ2n) is 13.6. The maximum atomic E-state index is 15.5. The van der Waals surface area contributed by atoms with Gasteiger partial charge in [0.1, 0.15) is 22.7 Å². The zero-order chi connectivity index (χ0) is 36.1. The molecule has 2 heterocycles. The molecule has 10 nitrogen and oxygen atoms in total. The molecule has 2 fully saturated rings. The number of piperazine rings is 1. The Labute approximate surface area is 292 Å². The summed E-state index contributed by atoms with van der Waals surface area (Å²) in [5.74, 6) is -0.139. The number of nitrogens with one attached hydrogen (secondary N) is 2. The Hall–Kier alpha value is -4.55. The van der Waals surface area contributed by atoms with E-state index in [1.54, 1.807) is 38.4 Å². The predicted molar refractivity (Wildman–Crippen MR) is 189 cm³/mol. The van der Waals surface area contributed by atoms with Crippen molar-refractivity contribution in [2.45, 2.75) is 46.2 Å². The fourth-order valence-electron chi connectivity index (χ4n) is 5.97. The van der Waals surface area contributed by atoms with Crippen LogP contribution in [0.25, 0.3) is 10.9 Å². The van der Waals surface area contributed by atoms with Gasteiger partial charge in [0.15, 0.2) is 17.2 Å². The van der Waals surface area contributed by atoms with Gasteiger partial charge in [0.25, 0.3) is 0 Å². The van der Waals surface area contributed by atoms with Crippen molar-refractivity contribution in [2.75, 3.05) is 58.8 Å². The molecule has 2 N–H and O–H groups in total. The van der Waals surface area contributed by atoms with Crippen molar-refractivity contribution < 1.29 is 32.6 Å². The lowest BCUT2D eigenvalue weighted by Gasteiger charge is -2.32. The first kappa shape index (κ1) is 36.7. The number of amides is 2. The van der Waals surface area contributed by atoms with Crippen LogP contribution < -0.4 is 24.8 Å². The molecule has 0 unspecified atom stereocenters. The molecular formula is C38H47F2N5O5. The number of aromatic nitrogens is 1. The van der Waals surface area contributed by atoms with Crippen LogP contribution in [-0.4, -0.2) is 85.8 Å². The number of nitrogens with zero attached hydrogens (tertiary/aromatic N) is 3. The zero-order valence-electron chi connectivity index (χ0n) is 29.6. The highest BCUT2D eigenvalue weighted by Gasteiger charge is 2.63. The lowest BCUT2D eigenvalue weighted by Crippen LogP contribution is -2.44. The number of likely N-dealkylation sites (N-methyl/N-ethyl adjacent to an activating group) is 1. The van der Waals surface area contributed by atoms with Gasteiger partial charge < -0.3 is 34.6 Å². The molecule has 2 aliphatic rings. The number of hydrogen-bond donors (Lipinski definition) is 2. The van der Waals surface area contributed by atoms with Crippen molar-refractivity contribution in [1.29, 1.82) is 0 Å². The van der Waals surface area contributed by atoms with E-state index in [1.807, 2.05) is 6.92 Å². The summed E-state index contributed by atoms with van der Waals surface area (Å²) in [6.45, 7) is 11.9. The highest BCUT2D eigenvalue weighted by molar-refractivity contribution is 6.13. The fraction of sp³-hybridized carbons (Fsp3) is 0.447. The lowest BCUT2D eigenvalue weighted by atomic mass is 10.0. The zero-order valence-corrected chi connectivity index (χ0v) is 29.6. The molecule has 2 atom stereocenters. The van der Waals surface area contributed by atoms with Gasteiger partial charge in [-0.1, -0.05) is 6.92 Å². The number of ether oxygens (including phenoxy) is 3. The minimum absolute atomic E-state index is 0.00893. The number of carbonyl (C=O) groups is 2. The third-order valence-corrected chi connectivity index (χ3v) is 9.28. The van der Waals surface area contributed by atoms with E-state index in [1.165, 1.54) is 50.3 Å². The number of fused-ring (bicyclic) bond motifs is 1. The standard InChI is InChI=1S/C38H47F2N5O5/c1-25-24-38(25,36(47)43-28-11-9-27(39)10-12-28)35(46)42-26(2)8-13-34(37(3,4)40)50-31-14-15-41-30-23-33(32(48-6)22-29(30)31)49-21-7-16-45-19-17-44(5)18-20-45/h8-15,22-23,25H,7,16-21,24H2,1-6H3,(H,42,46)(H,43,47)/b26-8+,34-13+/t25-,38+/m1/s1. The maximum Gasteiger partial charge on any atom is 0.240 e. The minimum Gasteiger partial charge on any atom is -0.493 e. The van der Waals surface area contributed by atoms with Crippen molar-refractivity contribution >= 4 is 28.4 Å². The SMILES string of the molecule is COc1cc2c(O/C(=C/C=C(\C)NC(=O)[C@]3(C(=O)Nc4ccc(F)cc4)C[C@H]3C)C(C)(C)F)ccnc2cc1OCCCN1CCN(C)CC1. The Bertz CT molecular complexity index is 1750. The number of methoxy groups -OCH3 is 1. The van der Waals surface area contributed by atoms with Crippen molar-refractivity contribution in [2.24, 2.45) is 11.3 Å². The molecule has 0 spiro atoms. The Kier molecular flexibility index (Phi) is 11.4. The molecule has 1 saturated heterocycles. The van der Waals surface area contributed by atoms with E-state index >= 15 is 4.39 Å². The third kappa shape index (κ3) is 8.78. The Morgan fingerprint density at radius 1 is 1.04 bits per heavy atom. The molecule has 1 aliphatic carbocycles. The first-order chi connectivity index (χ1) is 23.8. The molecule has 1 aliphatic heterocycles. The van der Waals surface area contributed by atoms with Crippen molar-refractivity contribution in [3.8, 4) is 17.2 Å². The highest BCUT2D eigenvalue weighted by atomic mass is 19.1. The lowest BCUT2D eigenvalue weighted by molar-refractivity contribution is -0.134. The molecule has 0 radical (unpaired) electrons. The Morgan fingerprint density at radius 2 is 1.74 bits per heavy atom. The molecule has 5 rings (SSSR count). The van der Waals surface area contributed by atoms with Crippen molar-refractivity contribution in [1.82, 2.24) is 20.1 Å². The summed E-state index contributed by atoms with van der Waals surface area (Å²) >= 11 is 0. The summed E-state index contributed by atoms with van der Waals surface area (Å²) in [6, 6.07) is 10.6. The second kappa shape index (κ2) is 15.6. The maximum absolute atomic E-state index is 15.5. The van der Waals surface area contributed by atoms with Gasteiger partial charge in [-0.15, -0.1) is 0 Å². The van der Waals surface area contributed by atoms with Crippen LogP contribution in [0.1, 0.15) is 40.5 Å². The van der Waals surface area contributed by atoms with E-state index in [2.05, 4.69) is 32.5 Å². The molecule has 1 aromatic heterocycles. The molecule has 2 amide bonds. The topological polar surface area (TPSA) is 105 Å².